The van der Waals surface area contributed by atoms with Crippen LogP contribution in [-0.4, -0.2) is 0 Å². The minimum atomic E-state index is 0.513. The van der Waals surface area contributed by atoms with E-state index in [1.54, 1.807) is 5.57 Å². The van der Waals surface area contributed by atoms with Gasteiger partial charge in [0, 0.05) is 5.92 Å². The molecule has 8 aromatic rings. The molecule has 8 aromatic carbocycles. The Hall–Kier alpha value is -7.28. The molecule has 2 aliphatic carbocycles. The summed E-state index contributed by atoms with van der Waals surface area (Å²) in [5, 5.41) is 0. The fourth-order valence-electron chi connectivity index (χ4n) is 9.09. The molecule has 0 bridgehead atoms. The van der Waals surface area contributed by atoms with Gasteiger partial charge in [-0.3, -0.25) is 0 Å². The molecule has 0 heteroatoms. The number of fused-ring (bicyclic) bond motifs is 2. The molecule has 0 spiro atoms. The van der Waals surface area contributed by atoms with Gasteiger partial charge in [0.25, 0.3) is 0 Å². The van der Waals surface area contributed by atoms with E-state index in [0.717, 1.165) is 23.1 Å². The van der Waals surface area contributed by atoms with E-state index in [4.69, 9.17) is 0 Å². The highest BCUT2D eigenvalue weighted by Crippen LogP contribution is 2.46. The van der Waals surface area contributed by atoms with Gasteiger partial charge in [-0.15, -0.1) is 0 Å². The maximum atomic E-state index is 4.54. The molecule has 0 nitrogen and oxygen atoms in total. The van der Waals surface area contributed by atoms with Crippen LogP contribution in [0.4, 0.5) is 0 Å². The predicted octanol–water partition coefficient (Wildman–Crippen LogP) is 17.5. The van der Waals surface area contributed by atoms with Crippen LogP contribution in [0.2, 0.25) is 0 Å². The molecule has 0 fully saturated rings. The maximum Gasteiger partial charge on any atom is 0.00872 e. The summed E-state index contributed by atoms with van der Waals surface area (Å²) in [6, 6.07) is 73.1. The first-order valence-corrected chi connectivity index (χ1v) is 22.6. The molecule has 0 N–H and O–H groups in total. The molecular weight excluding hydrogens is 769 g/mol. The molecule has 64 heavy (non-hydrogen) atoms. The summed E-state index contributed by atoms with van der Waals surface area (Å²) >= 11 is 0. The van der Waals surface area contributed by atoms with Gasteiger partial charge in [-0.05, 0) is 142 Å². The van der Waals surface area contributed by atoms with E-state index in [0.29, 0.717) is 11.8 Å². The first-order valence-electron chi connectivity index (χ1n) is 22.6. The van der Waals surface area contributed by atoms with E-state index in [9.17, 15) is 0 Å². The lowest BCUT2D eigenvalue weighted by Gasteiger charge is -2.28. The van der Waals surface area contributed by atoms with Crippen molar-refractivity contribution < 1.29 is 0 Å². The van der Waals surface area contributed by atoms with Crippen LogP contribution in [0.15, 0.2) is 236 Å². The molecular formula is C64H58. The van der Waals surface area contributed by atoms with Crippen molar-refractivity contribution in [1.29, 1.82) is 0 Å². The Balaban J connectivity index is 0.000000166. The van der Waals surface area contributed by atoms with Gasteiger partial charge in [0.1, 0.15) is 0 Å². The third-order valence-electron chi connectivity index (χ3n) is 12.5. The van der Waals surface area contributed by atoms with Crippen molar-refractivity contribution in [3.8, 4) is 33.4 Å². The summed E-state index contributed by atoms with van der Waals surface area (Å²) in [6.07, 6.45) is 8.14. The number of hydrogen-bond donors (Lipinski definition) is 0. The molecule has 0 heterocycles. The molecule has 0 aromatic heterocycles. The van der Waals surface area contributed by atoms with Crippen LogP contribution >= 0.6 is 0 Å². The molecule has 314 valence electrons. The first kappa shape index (κ1) is 43.4. The van der Waals surface area contributed by atoms with E-state index in [1.807, 2.05) is 18.2 Å². The zero-order chi connectivity index (χ0) is 44.4. The van der Waals surface area contributed by atoms with Crippen LogP contribution in [0.3, 0.4) is 0 Å². The fraction of sp³-hybridized carbons (Fsp3) is 0.125. The molecule has 0 radical (unpaired) electrons. The second-order valence-electron chi connectivity index (χ2n) is 17.4. The molecule has 0 saturated heterocycles. The quantitative estimate of drug-likeness (QED) is 0.150. The van der Waals surface area contributed by atoms with Gasteiger partial charge in [-0.1, -0.05) is 236 Å². The highest BCUT2D eigenvalue weighted by atomic mass is 14.3. The Morgan fingerprint density at radius 3 is 1.72 bits per heavy atom. The Morgan fingerprint density at radius 2 is 1.08 bits per heavy atom. The second-order valence-corrected chi connectivity index (χ2v) is 17.4. The van der Waals surface area contributed by atoms with Crippen LogP contribution in [0.25, 0.3) is 50.6 Å². The topological polar surface area (TPSA) is 0 Å². The highest BCUT2D eigenvalue weighted by Gasteiger charge is 2.31. The average Bonchev–Trinajstić information content (AvgIpc) is 3.73. The number of rotatable bonds is 7. The van der Waals surface area contributed by atoms with Gasteiger partial charge < -0.3 is 0 Å². The van der Waals surface area contributed by atoms with E-state index >= 15 is 0 Å². The Kier molecular flexibility index (Phi) is 13.7. The van der Waals surface area contributed by atoms with E-state index in [1.165, 1.54) is 77.9 Å². The number of hydrogen-bond acceptors (Lipinski definition) is 0. The van der Waals surface area contributed by atoms with Gasteiger partial charge in [0.2, 0.25) is 0 Å². The Labute approximate surface area is 382 Å². The van der Waals surface area contributed by atoms with Gasteiger partial charge in [0.15, 0.2) is 0 Å². The molecule has 0 amide bonds. The van der Waals surface area contributed by atoms with Crippen LogP contribution in [-0.2, 0) is 6.42 Å². The first-order chi connectivity index (χ1) is 31.2. The number of allylic oxidation sites excluding steroid dienone is 5. The number of aryl methyl sites for hydroxylation is 2. The summed E-state index contributed by atoms with van der Waals surface area (Å²) in [4.78, 5) is 0. The molecule has 0 saturated carbocycles. The van der Waals surface area contributed by atoms with Crippen LogP contribution in [0.5, 0.6) is 0 Å². The van der Waals surface area contributed by atoms with E-state index < -0.39 is 0 Å². The summed E-state index contributed by atoms with van der Waals surface area (Å²) in [5.41, 5.74) is 23.3. The smallest absolute Gasteiger partial charge is 0.00872 e. The van der Waals surface area contributed by atoms with Crippen LogP contribution < -0.4 is 0 Å². The van der Waals surface area contributed by atoms with Crippen molar-refractivity contribution in [2.24, 2.45) is 5.92 Å². The molecule has 2 unspecified atom stereocenters. The normalized spacial score (nSPS) is 14.5. The molecule has 0 aliphatic heterocycles. The molecule has 2 atom stereocenters. The molecule has 10 rings (SSSR count). The predicted molar refractivity (Wildman–Crippen MR) is 277 cm³/mol. The Morgan fingerprint density at radius 1 is 0.531 bits per heavy atom. The summed E-state index contributed by atoms with van der Waals surface area (Å²) in [7, 11) is 0. The number of benzene rings is 8. The summed E-state index contributed by atoms with van der Waals surface area (Å²) < 4.78 is 0. The van der Waals surface area contributed by atoms with Crippen molar-refractivity contribution in [2.75, 3.05) is 0 Å². The third-order valence-corrected chi connectivity index (χ3v) is 12.5. The third kappa shape index (κ3) is 10.2. The minimum Gasteiger partial charge on any atom is -0.0905 e. The van der Waals surface area contributed by atoms with Crippen LogP contribution in [0.1, 0.15) is 71.2 Å². The van der Waals surface area contributed by atoms with Crippen molar-refractivity contribution >= 4 is 17.2 Å². The zero-order valence-corrected chi connectivity index (χ0v) is 37.9. The largest absolute Gasteiger partial charge is 0.0905 e. The van der Waals surface area contributed by atoms with Crippen molar-refractivity contribution in [2.45, 2.75) is 47.0 Å². The van der Waals surface area contributed by atoms with E-state index in [2.05, 4.69) is 247 Å². The second kappa shape index (κ2) is 20.3. The van der Waals surface area contributed by atoms with Gasteiger partial charge in [-0.2, -0.15) is 0 Å². The highest BCUT2D eigenvalue weighted by molar-refractivity contribution is 5.87. The fourth-order valence-corrected chi connectivity index (χ4v) is 9.09. The standard InChI is InChI=1S/C36H30.C21H20.C7H8/c1-26(2)22-35-25-34(29-14-8-5-9-15-29)20-21-36(35)27(3)30-16-10-18-32(23-30)33-19-11-17-31(24-33)28-12-6-4-7-13-28;1-14-7-3-5-9-17(14)18-11-12-20-19-10-6-4-8-16(19)13-21(20)15(18)2;1-7-5-3-2-4-6-7/h4-25H,3H2,1-2H3;3-12,15,18H,13H2,1-2H3;2-6H,1H3. The maximum absolute atomic E-state index is 4.54. The SMILES string of the molecule is C=C(c1cccc(-c2cccc(-c3ccccc3)c2)c1)c1ccc(-c2ccccc2)cc1C=C(C)C.Cc1ccccc1.Cc1ccccc1C1C=CC2=C(Cc3ccccc32)C1C. The summed E-state index contributed by atoms with van der Waals surface area (Å²) in [5.74, 6) is 1.10. The van der Waals surface area contributed by atoms with Crippen molar-refractivity contribution in [3.63, 3.8) is 0 Å². The zero-order valence-electron chi connectivity index (χ0n) is 37.9. The van der Waals surface area contributed by atoms with Crippen molar-refractivity contribution in [1.82, 2.24) is 0 Å². The lowest BCUT2D eigenvalue weighted by Crippen LogP contribution is -2.15. The van der Waals surface area contributed by atoms with Crippen molar-refractivity contribution in [3.05, 3.63) is 281 Å². The minimum absolute atomic E-state index is 0.513. The van der Waals surface area contributed by atoms with Crippen LogP contribution in [0, 0.1) is 19.8 Å². The monoisotopic (exact) mass is 826 g/mol. The van der Waals surface area contributed by atoms with E-state index in [-0.39, 0.29) is 0 Å². The van der Waals surface area contributed by atoms with Gasteiger partial charge >= 0.3 is 0 Å². The lowest BCUT2D eigenvalue weighted by atomic mass is 9.76. The average molecular weight is 827 g/mol. The van der Waals surface area contributed by atoms with Gasteiger partial charge in [-0.25, -0.2) is 0 Å². The summed E-state index contributed by atoms with van der Waals surface area (Å²) in [6.45, 7) is 15.5. The molecule has 2 aliphatic rings. The Bertz CT molecular complexity index is 2950. The lowest BCUT2D eigenvalue weighted by molar-refractivity contribution is 0.590. The van der Waals surface area contributed by atoms with Gasteiger partial charge in [0.05, 0.1) is 0 Å².